The molecule has 0 amide bonds. The highest BCUT2D eigenvalue weighted by atomic mass is 35.5. The first-order valence-corrected chi connectivity index (χ1v) is 4.77. The van der Waals surface area contributed by atoms with Crippen LogP contribution in [0.15, 0.2) is 6.07 Å². The van der Waals surface area contributed by atoms with Gasteiger partial charge in [0.1, 0.15) is 11.4 Å². The number of pyridine rings is 1. The van der Waals surface area contributed by atoms with E-state index in [4.69, 9.17) is 16.7 Å². The second kappa shape index (κ2) is 5.05. The van der Waals surface area contributed by atoms with Gasteiger partial charge in [-0.2, -0.15) is 13.2 Å². The summed E-state index contributed by atoms with van der Waals surface area (Å²) in [4.78, 5) is 13.2. The predicted octanol–water partition coefficient (Wildman–Crippen LogP) is 3.32. The summed E-state index contributed by atoms with van der Waals surface area (Å²) in [7, 11) is 0. The van der Waals surface area contributed by atoms with Crippen molar-refractivity contribution < 1.29 is 31.9 Å². The molecule has 1 aromatic heterocycles. The van der Waals surface area contributed by atoms with Crippen molar-refractivity contribution in [2.45, 2.75) is 19.0 Å². The fourth-order valence-corrected chi connectivity index (χ4v) is 1.49. The molecular formula is C9H5ClF5NO2. The van der Waals surface area contributed by atoms with Crippen LogP contribution in [0.3, 0.4) is 0 Å². The molecule has 0 saturated heterocycles. The topological polar surface area (TPSA) is 50.2 Å². The first-order valence-electron chi connectivity index (χ1n) is 4.39. The molecule has 0 unspecified atom stereocenters. The van der Waals surface area contributed by atoms with Crippen LogP contribution in [0.4, 0.5) is 22.0 Å². The molecule has 0 radical (unpaired) electrons. The minimum Gasteiger partial charge on any atom is -0.481 e. The normalized spacial score (nSPS) is 11.9. The molecule has 0 bridgehead atoms. The zero-order valence-electron chi connectivity index (χ0n) is 8.43. The van der Waals surface area contributed by atoms with E-state index in [1.54, 1.807) is 0 Å². The third kappa shape index (κ3) is 3.28. The van der Waals surface area contributed by atoms with Crippen molar-refractivity contribution in [3.63, 3.8) is 0 Å². The molecule has 1 N–H and O–H groups in total. The molecule has 18 heavy (non-hydrogen) atoms. The number of carbonyl (C=O) groups is 1. The van der Waals surface area contributed by atoms with Gasteiger partial charge in [-0.3, -0.25) is 4.79 Å². The Balaban J connectivity index is 3.45. The van der Waals surface area contributed by atoms with E-state index >= 15 is 0 Å². The second-order valence-electron chi connectivity index (χ2n) is 3.23. The number of nitrogens with zero attached hydrogens (tertiary/aromatic N) is 1. The summed E-state index contributed by atoms with van der Waals surface area (Å²) in [5.74, 6) is -1.58. The molecule has 100 valence electrons. The molecule has 1 aromatic rings. The lowest BCUT2D eigenvalue weighted by atomic mass is 10.1. The number of alkyl halides is 5. The highest BCUT2D eigenvalue weighted by Crippen LogP contribution is 2.36. The van der Waals surface area contributed by atoms with Crippen LogP contribution in [0.25, 0.3) is 0 Å². The standard InChI is InChI=1S/C9H5ClF5NO2/c10-4-2-5(8(11)12)16-7(9(13,14)15)3(4)1-6(17)18/h2,8H,1H2,(H,17,18). The number of hydrogen-bond acceptors (Lipinski definition) is 2. The van der Waals surface area contributed by atoms with E-state index in [0.29, 0.717) is 6.07 Å². The number of carboxylic acids is 1. The van der Waals surface area contributed by atoms with Gasteiger partial charge >= 0.3 is 12.1 Å². The van der Waals surface area contributed by atoms with Crippen LogP contribution in [-0.2, 0) is 17.4 Å². The minimum atomic E-state index is -5.06. The molecule has 0 aliphatic heterocycles. The lowest BCUT2D eigenvalue weighted by Crippen LogP contribution is -2.16. The zero-order valence-corrected chi connectivity index (χ0v) is 9.19. The van der Waals surface area contributed by atoms with Crippen molar-refractivity contribution in [2.24, 2.45) is 0 Å². The zero-order chi connectivity index (χ0) is 14.1. The lowest BCUT2D eigenvalue weighted by molar-refractivity contribution is -0.142. The predicted molar refractivity (Wildman–Crippen MR) is 50.5 cm³/mol. The number of aromatic nitrogens is 1. The second-order valence-corrected chi connectivity index (χ2v) is 3.63. The van der Waals surface area contributed by atoms with Gasteiger partial charge in [-0.1, -0.05) is 11.6 Å². The first kappa shape index (κ1) is 14.6. The van der Waals surface area contributed by atoms with Crippen LogP contribution in [0.1, 0.15) is 23.4 Å². The maximum Gasteiger partial charge on any atom is 0.433 e. The third-order valence-corrected chi connectivity index (χ3v) is 2.25. The van der Waals surface area contributed by atoms with Gasteiger partial charge < -0.3 is 5.11 Å². The Bertz CT molecular complexity index is 475. The van der Waals surface area contributed by atoms with E-state index in [0.717, 1.165) is 0 Å². The Morgan fingerprint density at radius 2 is 2.00 bits per heavy atom. The van der Waals surface area contributed by atoms with E-state index in [1.807, 2.05) is 0 Å². The fourth-order valence-electron chi connectivity index (χ4n) is 1.22. The molecule has 0 atom stereocenters. The van der Waals surface area contributed by atoms with Crippen molar-refractivity contribution in [3.05, 3.63) is 28.0 Å². The molecule has 9 heteroatoms. The van der Waals surface area contributed by atoms with Gasteiger partial charge in [0.15, 0.2) is 0 Å². The summed E-state index contributed by atoms with van der Waals surface area (Å²) < 4.78 is 62.3. The van der Waals surface area contributed by atoms with E-state index in [1.165, 1.54) is 0 Å². The van der Waals surface area contributed by atoms with E-state index < -0.39 is 47.0 Å². The third-order valence-electron chi connectivity index (χ3n) is 1.91. The van der Waals surface area contributed by atoms with E-state index in [2.05, 4.69) is 4.98 Å². The molecule has 0 aliphatic rings. The summed E-state index contributed by atoms with van der Waals surface area (Å²) in [5.41, 5.74) is -3.68. The number of carboxylic acid groups (broad SMARTS) is 1. The van der Waals surface area contributed by atoms with Gasteiger partial charge in [0.25, 0.3) is 6.43 Å². The number of hydrogen-bond donors (Lipinski definition) is 1. The Kier molecular flexibility index (Phi) is 4.10. The fraction of sp³-hybridized carbons (Fsp3) is 0.333. The van der Waals surface area contributed by atoms with E-state index in [-0.39, 0.29) is 0 Å². The monoisotopic (exact) mass is 289 g/mol. The van der Waals surface area contributed by atoms with Crippen LogP contribution >= 0.6 is 11.6 Å². The summed E-state index contributed by atoms with van der Waals surface area (Å²) in [6.45, 7) is 0. The van der Waals surface area contributed by atoms with Gasteiger partial charge in [0.05, 0.1) is 6.42 Å². The average Bonchev–Trinajstić information content (AvgIpc) is 2.17. The maximum absolute atomic E-state index is 12.6. The van der Waals surface area contributed by atoms with Crippen molar-refractivity contribution >= 4 is 17.6 Å². The summed E-state index contributed by atoms with van der Waals surface area (Å²) >= 11 is 5.39. The summed E-state index contributed by atoms with van der Waals surface area (Å²) in [5, 5.41) is 7.76. The smallest absolute Gasteiger partial charge is 0.433 e. The Morgan fingerprint density at radius 1 is 1.44 bits per heavy atom. The van der Waals surface area contributed by atoms with Gasteiger partial charge in [-0.05, 0) is 6.07 Å². The molecular weight excluding hydrogens is 285 g/mol. The van der Waals surface area contributed by atoms with Crippen molar-refractivity contribution in [1.29, 1.82) is 0 Å². The summed E-state index contributed by atoms with van der Waals surface area (Å²) in [6, 6.07) is 0.528. The van der Waals surface area contributed by atoms with Crippen LogP contribution in [-0.4, -0.2) is 16.1 Å². The van der Waals surface area contributed by atoms with Crippen molar-refractivity contribution in [2.75, 3.05) is 0 Å². The number of rotatable bonds is 3. The molecule has 1 heterocycles. The van der Waals surface area contributed by atoms with E-state index in [9.17, 15) is 26.7 Å². The van der Waals surface area contributed by atoms with Crippen molar-refractivity contribution in [3.8, 4) is 0 Å². The highest BCUT2D eigenvalue weighted by molar-refractivity contribution is 6.31. The van der Waals surface area contributed by atoms with Crippen LogP contribution in [0.2, 0.25) is 5.02 Å². The Morgan fingerprint density at radius 3 is 2.39 bits per heavy atom. The SMILES string of the molecule is O=C(O)Cc1c(Cl)cc(C(F)F)nc1C(F)(F)F. The van der Waals surface area contributed by atoms with Gasteiger partial charge in [0.2, 0.25) is 0 Å². The number of halogens is 6. The largest absolute Gasteiger partial charge is 0.481 e. The highest BCUT2D eigenvalue weighted by Gasteiger charge is 2.38. The molecule has 0 fully saturated rings. The molecule has 0 aromatic carbocycles. The summed E-state index contributed by atoms with van der Waals surface area (Å²) in [6.07, 6.45) is -9.34. The molecule has 3 nitrogen and oxygen atoms in total. The molecule has 0 aliphatic carbocycles. The molecule has 0 saturated carbocycles. The Labute approximate surface area is 102 Å². The number of aliphatic carboxylic acids is 1. The van der Waals surface area contributed by atoms with Crippen LogP contribution < -0.4 is 0 Å². The molecule has 1 rings (SSSR count). The van der Waals surface area contributed by atoms with Gasteiger partial charge in [0, 0.05) is 10.6 Å². The minimum absolute atomic E-state index is 0.528. The van der Waals surface area contributed by atoms with Crippen LogP contribution in [0, 0.1) is 0 Å². The Hall–Kier alpha value is -1.44. The van der Waals surface area contributed by atoms with Gasteiger partial charge in [-0.25, -0.2) is 13.8 Å². The average molecular weight is 290 g/mol. The van der Waals surface area contributed by atoms with Gasteiger partial charge in [-0.15, -0.1) is 0 Å². The first-order chi connectivity index (χ1) is 8.12. The van der Waals surface area contributed by atoms with Crippen LogP contribution in [0.5, 0.6) is 0 Å². The van der Waals surface area contributed by atoms with Crippen molar-refractivity contribution in [1.82, 2.24) is 4.98 Å². The lowest BCUT2D eigenvalue weighted by Gasteiger charge is -2.13. The maximum atomic E-state index is 12.6. The molecule has 0 spiro atoms. The quantitative estimate of drug-likeness (QED) is 0.869.